The third kappa shape index (κ3) is 28.3. The Kier molecular flexibility index (Phi) is 39.6. The minimum atomic E-state index is -1.76. The van der Waals surface area contributed by atoms with Crippen LogP contribution < -0.4 is 104 Å². The molecular weight excluding hydrogens is 1580 g/mol. The van der Waals surface area contributed by atoms with E-state index in [9.17, 15) is 48.3 Å². The minimum absolute atomic E-state index is 0.0337. The molecule has 0 radical (unpaired) electrons. The maximum atomic E-state index is 15.3. The first-order valence-electron chi connectivity index (χ1n) is 42.6. The van der Waals surface area contributed by atoms with Gasteiger partial charge in [0.05, 0.1) is 6.10 Å². The lowest BCUT2D eigenvalue weighted by molar-refractivity contribution is -0.148. The number of carbonyl (C=O) groups is 14. The molecule has 0 saturated carbocycles. The van der Waals surface area contributed by atoms with Crippen molar-refractivity contribution >= 4 is 110 Å². The number of benzene rings is 2. The standard InChI is InChI=1S/C82H131N25O15/c1-46(2)41-61-73(114)98-58(30-36-87)72(113)96-56(25-14-34-85)70(111)95-55(23-10-12-32-83)69(110)97-57(27-16-38-91-82(89)90)71(112)102-62(42-49-44-92-53-21-8-6-19-51(49)53)74(115)100-59(26-15-35-86)79(120)105(5)64(31-37-88)76(117)94-47(3)68(109)99-60(24-11-13-33-84)80(121)107-40-18-29-66(107)81(122)106-39-17-28-65(106)77(118)104-67(48(4)108)78(119)103-63(75(116)101-61)43-50-45-93-54-22-9-7-20-52(50)54/h6-9,19-22,44-48,55-67,92-93,108H,10-18,23-43,83-88H2,1-5H3,(H,94,117)(H,95,111)(H,96,113)(H,97,110)(H,98,114)(H,99,109)(H,100,115)(H,101,116)(H,102,112)(H,103,119)(H,104,118)(H4,89,90,91)/t47-,48+,55+,56-,57-,58-,59-,60-,61-,62-,63-,64-,65-,66+,67-/m0/s1. The van der Waals surface area contributed by atoms with Gasteiger partial charge in [-0.2, -0.15) is 0 Å². The van der Waals surface area contributed by atoms with E-state index >= 15 is 24.0 Å². The predicted octanol–water partition coefficient (Wildman–Crippen LogP) is -4.48. The van der Waals surface area contributed by atoms with E-state index in [1.54, 1.807) is 74.8 Å². The quantitative estimate of drug-likeness (QED) is 0.0138. The summed E-state index contributed by atoms with van der Waals surface area (Å²) in [7, 11) is 1.32. The summed E-state index contributed by atoms with van der Waals surface area (Å²) in [5.74, 6) is -12.3. The number of aliphatic hydroxyl groups is 1. The number of nitrogens with two attached hydrogens (primary N) is 8. The highest BCUT2D eigenvalue weighted by Gasteiger charge is 2.46. The van der Waals surface area contributed by atoms with Crippen molar-refractivity contribution in [3.05, 3.63) is 72.1 Å². The Labute approximate surface area is 710 Å². The van der Waals surface area contributed by atoms with Crippen LogP contribution in [0.15, 0.2) is 65.9 Å². The number of nitrogens with one attached hydrogen (secondary N) is 13. The first-order chi connectivity index (χ1) is 58.4. The Balaban J connectivity index is 1.30. The molecule has 0 bridgehead atoms. The summed E-state index contributed by atoms with van der Waals surface area (Å²) < 4.78 is 0. The molecule has 674 valence electrons. The lowest BCUT2D eigenvalue weighted by atomic mass is 9.99. The Morgan fingerprint density at radius 3 is 1.31 bits per heavy atom. The lowest BCUT2D eigenvalue weighted by Gasteiger charge is -2.34. The van der Waals surface area contributed by atoms with E-state index in [1.165, 1.54) is 30.7 Å². The molecule has 3 aliphatic rings. The zero-order valence-electron chi connectivity index (χ0n) is 70.8. The second-order valence-electron chi connectivity index (χ2n) is 32.1. The van der Waals surface area contributed by atoms with Crippen molar-refractivity contribution in [1.82, 2.24) is 83.2 Å². The zero-order chi connectivity index (χ0) is 89.3. The van der Waals surface area contributed by atoms with Crippen molar-refractivity contribution in [1.29, 1.82) is 0 Å². The summed E-state index contributed by atoms with van der Waals surface area (Å²) in [5, 5.41) is 42.9. The molecule has 0 aliphatic carbocycles. The topological polar surface area (TPSA) is 653 Å². The molecule has 40 nitrogen and oxygen atoms in total. The molecule has 3 fully saturated rings. The number of guanidine groups is 1. The summed E-state index contributed by atoms with van der Waals surface area (Å²) in [5.41, 5.74) is 50.0. The minimum Gasteiger partial charge on any atom is -0.391 e. The van der Waals surface area contributed by atoms with Gasteiger partial charge in [0.2, 0.25) is 82.7 Å². The van der Waals surface area contributed by atoms with Crippen LogP contribution in [-0.4, -0.2) is 275 Å². The van der Waals surface area contributed by atoms with Gasteiger partial charge in [-0.05, 0) is 204 Å². The molecule has 0 spiro atoms. The maximum Gasteiger partial charge on any atom is 0.246 e. The van der Waals surface area contributed by atoms with Crippen LogP contribution in [-0.2, 0) is 80.0 Å². The summed E-state index contributed by atoms with van der Waals surface area (Å²) in [6.07, 6.45) is 3.17. The Hall–Kier alpha value is -10.9. The van der Waals surface area contributed by atoms with Gasteiger partial charge in [-0.15, -0.1) is 0 Å². The average Bonchev–Trinajstić information content (AvgIpc) is 1.64. The SMILES string of the molecule is CC(C)C[C@@H]1NC(=O)[C@H](Cc2c[nH]c3ccccc23)NC(=O)[C@H]([C@@H](C)O)NC(=O)[C@@H]2CCCN2C(=O)[C@H]2CCCN2C(=O)[C@H](CCCCN)NC(=O)[C@H](C)NC(=O)[C@H](CCN)N(C)C(=O)[C@H](CCCN)NC(=O)[C@H](Cc2c[nH]c3ccccc23)NC(=O)[C@H](CCCN=C(N)N)NC(=O)[C@@H](CCCCN)NC(=O)[C@H](CCCN)NC(=O)[C@H](CCN)NC1=O. The number of unbranched alkanes of at least 4 members (excludes halogenated alkanes) is 2. The van der Waals surface area contributed by atoms with E-state index in [2.05, 4.69) is 73.4 Å². The van der Waals surface area contributed by atoms with Gasteiger partial charge in [0.15, 0.2) is 5.96 Å². The number of aliphatic hydroxyl groups excluding tert-OH is 1. The van der Waals surface area contributed by atoms with Gasteiger partial charge in [-0.3, -0.25) is 72.1 Å². The van der Waals surface area contributed by atoms with Crippen molar-refractivity contribution in [3.63, 3.8) is 0 Å². The second-order valence-corrected chi connectivity index (χ2v) is 32.1. The van der Waals surface area contributed by atoms with Crippen molar-refractivity contribution in [2.75, 3.05) is 66.0 Å². The van der Waals surface area contributed by atoms with Gasteiger partial charge in [0.25, 0.3) is 0 Å². The number of para-hydroxylation sites is 2. The van der Waals surface area contributed by atoms with Crippen LogP contribution >= 0.6 is 0 Å². The molecule has 2 aromatic heterocycles. The maximum absolute atomic E-state index is 15.3. The fourth-order valence-corrected chi connectivity index (χ4v) is 15.6. The molecule has 0 unspecified atom stereocenters. The first kappa shape index (κ1) is 98.2. The van der Waals surface area contributed by atoms with Crippen LogP contribution in [0.5, 0.6) is 0 Å². The van der Waals surface area contributed by atoms with E-state index in [1.807, 2.05) is 0 Å². The third-order valence-electron chi connectivity index (χ3n) is 22.3. The van der Waals surface area contributed by atoms with E-state index < -0.39 is 173 Å². The largest absolute Gasteiger partial charge is 0.391 e. The molecule has 3 aliphatic heterocycles. The predicted molar refractivity (Wildman–Crippen MR) is 458 cm³/mol. The van der Waals surface area contributed by atoms with Crippen molar-refractivity contribution in [3.8, 4) is 0 Å². The van der Waals surface area contributed by atoms with E-state index in [0.717, 1.165) is 4.90 Å². The van der Waals surface area contributed by atoms with Gasteiger partial charge in [-0.25, -0.2) is 0 Å². The van der Waals surface area contributed by atoms with Crippen molar-refractivity contribution < 1.29 is 72.2 Å². The highest BCUT2D eigenvalue weighted by Crippen LogP contribution is 2.28. The first-order valence-corrected chi connectivity index (χ1v) is 42.6. The van der Waals surface area contributed by atoms with Crippen LogP contribution in [0.4, 0.5) is 0 Å². The Morgan fingerprint density at radius 1 is 0.418 bits per heavy atom. The van der Waals surface area contributed by atoms with Crippen molar-refractivity contribution in [2.24, 2.45) is 56.8 Å². The van der Waals surface area contributed by atoms with Crippen molar-refractivity contribution in [2.45, 2.75) is 253 Å². The second kappa shape index (κ2) is 49.3. The van der Waals surface area contributed by atoms with Crippen LogP contribution in [0.3, 0.4) is 0 Å². The monoisotopic (exact) mass is 1710 g/mol. The molecule has 40 heteroatoms. The number of likely N-dealkylation sites (N-methyl/N-ethyl adjacent to an activating group) is 1. The fraction of sp³-hybridized carbons (Fsp3) is 0.622. The fourth-order valence-electron chi connectivity index (χ4n) is 15.6. The summed E-state index contributed by atoms with van der Waals surface area (Å²) in [4.78, 5) is 223. The molecule has 15 atom stereocenters. The number of rotatable bonds is 29. The Morgan fingerprint density at radius 2 is 0.820 bits per heavy atom. The molecule has 4 aromatic rings. The number of H-pyrrole nitrogens is 2. The summed E-state index contributed by atoms with van der Waals surface area (Å²) in [6.45, 7) is 6.41. The van der Waals surface area contributed by atoms with E-state index in [0.29, 0.717) is 65.0 Å². The highest BCUT2D eigenvalue weighted by molar-refractivity contribution is 6.02. The average molecular weight is 1710 g/mol. The lowest BCUT2D eigenvalue weighted by Crippen LogP contribution is -2.62. The highest BCUT2D eigenvalue weighted by atomic mass is 16.3. The van der Waals surface area contributed by atoms with Gasteiger partial charge >= 0.3 is 0 Å². The number of aromatic amines is 2. The molecule has 30 N–H and O–H groups in total. The van der Waals surface area contributed by atoms with Gasteiger partial charge in [0.1, 0.15) is 84.6 Å². The number of carbonyl (C=O) groups excluding carboxylic acids is 14. The van der Waals surface area contributed by atoms with Crippen LogP contribution in [0.25, 0.3) is 21.8 Å². The van der Waals surface area contributed by atoms with Crippen LogP contribution in [0.1, 0.15) is 161 Å². The van der Waals surface area contributed by atoms with Gasteiger partial charge in [-0.1, -0.05) is 50.2 Å². The zero-order valence-corrected chi connectivity index (χ0v) is 70.8. The summed E-state index contributed by atoms with van der Waals surface area (Å²) in [6, 6.07) is -5.61. The number of fused-ring (bicyclic) bond motifs is 4. The number of aliphatic imine (C=N–C) groups is 1. The van der Waals surface area contributed by atoms with Gasteiger partial charge in [0, 0.05) is 73.7 Å². The summed E-state index contributed by atoms with van der Waals surface area (Å²) >= 11 is 0. The molecule has 7 rings (SSSR count). The number of hydrogen-bond donors (Lipinski definition) is 22. The molecule has 122 heavy (non-hydrogen) atoms. The molecular formula is C82H131N25O15. The number of aromatic nitrogens is 2. The van der Waals surface area contributed by atoms with Gasteiger partial charge < -0.3 is 134 Å². The van der Waals surface area contributed by atoms with Crippen LogP contribution in [0, 0.1) is 5.92 Å². The normalized spacial score (nSPS) is 25.5. The van der Waals surface area contributed by atoms with E-state index in [-0.39, 0.29) is 174 Å². The van der Waals surface area contributed by atoms with Crippen LogP contribution in [0.2, 0.25) is 0 Å². The molecule has 3 saturated heterocycles. The smallest absolute Gasteiger partial charge is 0.246 e. The number of hydrogen-bond acceptors (Lipinski definition) is 22. The number of amides is 14. The number of nitrogens with zero attached hydrogens (tertiary/aromatic N) is 4. The Bertz CT molecular complexity index is 4230. The molecule has 2 aromatic carbocycles. The molecule has 5 heterocycles. The van der Waals surface area contributed by atoms with E-state index in [4.69, 9.17) is 45.9 Å². The molecule has 14 amide bonds. The third-order valence-corrected chi connectivity index (χ3v) is 22.3.